The topological polar surface area (TPSA) is 45.2 Å². The number of halogens is 2. The number of pyridine rings is 1. The third-order valence-electron chi connectivity index (χ3n) is 4.02. The Morgan fingerprint density at radius 3 is 2.60 bits per heavy atom. The first-order valence-electron chi connectivity index (χ1n) is 7.00. The lowest BCUT2D eigenvalue weighted by molar-refractivity contribution is 0.0903. The number of nitrogens with one attached hydrogen (secondary N) is 1. The average Bonchev–Trinajstić information content (AvgIpc) is 3.27. The number of likely N-dealkylation sites (tertiary alicyclic amines) is 1. The van der Waals surface area contributed by atoms with E-state index in [2.05, 4.69) is 15.2 Å². The van der Waals surface area contributed by atoms with E-state index in [9.17, 15) is 13.6 Å². The van der Waals surface area contributed by atoms with Gasteiger partial charge in [0.1, 0.15) is 0 Å². The maximum Gasteiger partial charge on any atom is 0.254 e. The van der Waals surface area contributed by atoms with Crippen molar-refractivity contribution in [1.29, 1.82) is 0 Å². The van der Waals surface area contributed by atoms with Gasteiger partial charge in [-0.1, -0.05) is 0 Å². The van der Waals surface area contributed by atoms with Crippen molar-refractivity contribution in [2.75, 3.05) is 13.1 Å². The van der Waals surface area contributed by atoms with E-state index in [0.29, 0.717) is 0 Å². The van der Waals surface area contributed by atoms with Crippen LogP contribution >= 0.6 is 0 Å². The molecule has 2 aliphatic rings. The van der Waals surface area contributed by atoms with E-state index in [4.69, 9.17) is 0 Å². The fourth-order valence-electron chi connectivity index (χ4n) is 2.71. The van der Waals surface area contributed by atoms with Gasteiger partial charge >= 0.3 is 0 Å². The Morgan fingerprint density at radius 2 is 1.95 bits per heavy atom. The highest BCUT2D eigenvalue weighted by Gasteiger charge is 2.32. The van der Waals surface area contributed by atoms with E-state index < -0.39 is 17.7 Å². The summed E-state index contributed by atoms with van der Waals surface area (Å²) in [6.07, 6.45) is 5.37. The second-order valence-electron chi connectivity index (χ2n) is 5.48. The van der Waals surface area contributed by atoms with Gasteiger partial charge in [0.05, 0.1) is 5.56 Å². The second kappa shape index (κ2) is 5.44. The summed E-state index contributed by atoms with van der Waals surface area (Å²) in [5, 5.41) is 2.78. The van der Waals surface area contributed by atoms with Crippen molar-refractivity contribution in [2.45, 2.75) is 37.8 Å². The van der Waals surface area contributed by atoms with Gasteiger partial charge in [0.25, 0.3) is 5.91 Å². The van der Waals surface area contributed by atoms with Gasteiger partial charge in [0.15, 0.2) is 5.82 Å². The van der Waals surface area contributed by atoms with Gasteiger partial charge in [0, 0.05) is 31.4 Å². The largest absolute Gasteiger partial charge is 0.349 e. The Bertz CT molecular complexity index is 511. The minimum Gasteiger partial charge on any atom is -0.349 e. The van der Waals surface area contributed by atoms with Crippen molar-refractivity contribution in [3.05, 3.63) is 29.6 Å². The van der Waals surface area contributed by atoms with Gasteiger partial charge in [-0.15, -0.1) is 0 Å². The van der Waals surface area contributed by atoms with Crippen molar-refractivity contribution < 1.29 is 13.6 Å². The lowest BCUT2D eigenvalue weighted by atomic mass is 10.0. The Labute approximate surface area is 116 Å². The van der Waals surface area contributed by atoms with Gasteiger partial charge in [-0.05, 0) is 31.7 Å². The van der Waals surface area contributed by atoms with Crippen LogP contribution in [0.2, 0.25) is 0 Å². The van der Waals surface area contributed by atoms with Crippen molar-refractivity contribution in [3.63, 3.8) is 0 Å². The van der Waals surface area contributed by atoms with Crippen molar-refractivity contribution in [1.82, 2.24) is 15.2 Å². The molecular formula is C14H17F2N3O. The van der Waals surface area contributed by atoms with Gasteiger partial charge in [-0.25, -0.2) is 9.37 Å². The monoisotopic (exact) mass is 281 g/mol. The van der Waals surface area contributed by atoms with Crippen LogP contribution in [-0.4, -0.2) is 41.0 Å². The van der Waals surface area contributed by atoms with Crippen molar-refractivity contribution >= 4 is 5.91 Å². The first-order chi connectivity index (χ1) is 9.65. The van der Waals surface area contributed by atoms with E-state index in [1.807, 2.05) is 0 Å². The number of rotatable bonds is 3. The third-order valence-corrected chi connectivity index (χ3v) is 4.02. The summed E-state index contributed by atoms with van der Waals surface area (Å²) >= 11 is 0. The molecule has 6 heteroatoms. The van der Waals surface area contributed by atoms with Crippen LogP contribution in [0, 0.1) is 11.8 Å². The quantitative estimate of drug-likeness (QED) is 0.858. The van der Waals surface area contributed by atoms with Crippen LogP contribution in [0.25, 0.3) is 0 Å². The molecule has 0 spiro atoms. The lowest BCUT2D eigenvalue weighted by Gasteiger charge is -2.32. The average molecular weight is 281 g/mol. The van der Waals surface area contributed by atoms with Crippen LogP contribution in [0.1, 0.15) is 36.0 Å². The molecule has 4 nitrogen and oxygen atoms in total. The first-order valence-corrected chi connectivity index (χ1v) is 7.00. The number of nitrogens with zero attached hydrogens (tertiary/aromatic N) is 2. The highest BCUT2D eigenvalue weighted by atomic mass is 19.2. The molecule has 2 fully saturated rings. The number of piperidine rings is 1. The molecule has 1 amide bonds. The molecule has 2 heterocycles. The molecule has 0 bridgehead atoms. The van der Waals surface area contributed by atoms with Crippen LogP contribution in [0.3, 0.4) is 0 Å². The molecule has 1 aromatic rings. The first kappa shape index (κ1) is 13.4. The zero-order valence-electron chi connectivity index (χ0n) is 11.1. The maximum atomic E-state index is 13.5. The Kier molecular flexibility index (Phi) is 3.65. The Morgan fingerprint density at radius 1 is 1.25 bits per heavy atom. The molecule has 108 valence electrons. The van der Waals surface area contributed by atoms with Crippen LogP contribution in [0.4, 0.5) is 8.78 Å². The summed E-state index contributed by atoms with van der Waals surface area (Å²) in [6, 6.07) is 1.97. The number of carbonyl (C=O) groups is 1. The molecule has 1 aromatic heterocycles. The van der Waals surface area contributed by atoms with E-state index in [0.717, 1.165) is 38.2 Å². The molecule has 20 heavy (non-hydrogen) atoms. The van der Waals surface area contributed by atoms with Gasteiger partial charge in [-0.3, -0.25) is 4.79 Å². The number of carbonyl (C=O) groups excluding carboxylic acids is 1. The summed E-state index contributed by atoms with van der Waals surface area (Å²) in [4.78, 5) is 17.6. The number of hydrogen-bond acceptors (Lipinski definition) is 3. The van der Waals surface area contributed by atoms with Gasteiger partial charge in [-0.2, -0.15) is 4.39 Å². The summed E-state index contributed by atoms with van der Waals surface area (Å²) in [7, 11) is 0. The lowest BCUT2D eigenvalue weighted by Crippen LogP contribution is -2.45. The normalized spacial score (nSPS) is 20.9. The van der Waals surface area contributed by atoms with Crippen molar-refractivity contribution in [2.24, 2.45) is 0 Å². The predicted molar refractivity (Wildman–Crippen MR) is 69.2 cm³/mol. The van der Waals surface area contributed by atoms with Gasteiger partial charge < -0.3 is 10.2 Å². The smallest absolute Gasteiger partial charge is 0.254 e. The molecular weight excluding hydrogens is 264 g/mol. The molecule has 1 aliphatic heterocycles. The molecule has 1 saturated heterocycles. The Hall–Kier alpha value is -1.56. The molecule has 1 saturated carbocycles. The summed E-state index contributed by atoms with van der Waals surface area (Å²) < 4.78 is 26.5. The minimum absolute atomic E-state index is 0.0353. The van der Waals surface area contributed by atoms with E-state index in [-0.39, 0.29) is 11.6 Å². The Balaban J connectivity index is 1.57. The van der Waals surface area contributed by atoms with Crippen LogP contribution < -0.4 is 5.32 Å². The molecule has 1 aliphatic carbocycles. The minimum atomic E-state index is -1.23. The second-order valence-corrected chi connectivity index (χ2v) is 5.48. The number of amides is 1. The molecule has 0 aromatic carbocycles. The molecule has 0 radical (unpaired) electrons. The van der Waals surface area contributed by atoms with Crippen LogP contribution in [0.5, 0.6) is 0 Å². The van der Waals surface area contributed by atoms with Crippen LogP contribution in [-0.2, 0) is 0 Å². The summed E-state index contributed by atoms with van der Waals surface area (Å²) in [5.41, 5.74) is -0.276. The SMILES string of the molecule is O=C(NC1CCN(C2CC2)CC1)c1ccnc(F)c1F. The van der Waals surface area contributed by atoms with Crippen LogP contribution in [0.15, 0.2) is 12.3 Å². The van der Waals surface area contributed by atoms with Crippen molar-refractivity contribution in [3.8, 4) is 0 Å². The fourth-order valence-corrected chi connectivity index (χ4v) is 2.71. The molecule has 0 atom stereocenters. The van der Waals surface area contributed by atoms with E-state index in [1.165, 1.54) is 18.9 Å². The molecule has 1 N–H and O–H groups in total. The standard InChI is InChI=1S/C14H17F2N3O/c15-12-11(3-6-17-13(12)16)14(20)18-9-4-7-19(8-5-9)10-1-2-10/h3,6,9-10H,1-2,4-5,7-8H2,(H,18,20). The number of aromatic nitrogens is 1. The third kappa shape index (κ3) is 2.80. The highest BCUT2D eigenvalue weighted by molar-refractivity contribution is 5.94. The van der Waals surface area contributed by atoms with E-state index >= 15 is 0 Å². The molecule has 0 unspecified atom stereocenters. The summed E-state index contributed by atoms with van der Waals surface area (Å²) in [5.74, 6) is -2.98. The molecule has 3 rings (SSSR count). The maximum absolute atomic E-state index is 13.5. The number of hydrogen-bond donors (Lipinski definition) is 1. The zero-order chi connectivity index (χ0) is 14.1. The van der Waals surface area contributed by atoms with E-state index in [1.54, 1.807) is 0 Å². The highest BCUT2D eigenvalue weighted by Crippen LogP contribution is 2.29. The summed E-state index contributed by atoms with van der Waals surface area (Å²) in [6.45, 7) is 1.92. The van der Waals surface area contributed by atoms with Gasteiger partial charge in [0.2, 0.25) is 5.95 Å². The predicted octanol–water partition coefficient (Wildman–Crippen LogP) is 1.72. The fraction of sp³-hybridized carbons (Fsp3) is 0.571. The zero-order valence-corrected chi connectivity index (χ0v) is 11.1.